The van der Waals surface area contributed by atoms with Gasteiger partial charge in [-0.3, -0.25) is 0 Å². The Labute approximate surface area is 260 Å². The summed E-state index contributed by atoms with van der Waals surface area (Å²) in [6.45, 7) is 3.32. The molecule has 6 rings (SSSR count). The number of fused-ring (bicyclic) bond motifs is 2. The molecule has 6 heteroatoms. The zero-order valence-corrected chi connectivity index (χ0v) is 25.5. The average Bonchev–Trinajstić information content (AvgIpc) is 3.03. The molecule has 1 aliphatic heterocycles. The maximum absolute atomic E-state index is 13.2. The third kappa shape index (κ3) is 6.30. The fourth-order valence-corrected chi connectivity index (χ4v) is 6.37. The van der Waals surface area contributed by atoms with E-state index in [4.69, 9.17) is 14.2 Å². The molecule has 5 aromatic carbocycles. The second kappa shape index (κ2) is 13.0. The Morgan fingerprint density at radius 2 is 1.43 bits per heavy atom. The maximum Gasteiger partial charge on any atom is 0.338 e. The van der Waals surface area contributed by atoms with Gasteiger partial charge in [0.05, 0.1) is 9.13 Å². The van der Waals surface area contributed by atoms with Gasteiger partial charge < -0.3 is 19.5 Å². The van der Waals surface area contributed by atoms with Gasteiger partial charge in [0, 0.05) is 23.7 Å². The van der Waals surface area contributed by atoms with Crippen molar-refractivity contribution in [1.82, 2.24) is 5.32 Å². The van der Waals surface area contributed by atoms with Crippen LogP contribution in [0.1, 0.15) is 45.6 Å². The number of hydrogen-bond acceptors (Lipinski definition) is 5. The van der Waals surface area contributed by atoms with Gasteiger partial charge in [-0.2, -0.15) is 0 Å². The van der Waals surface area contributed by atoms with Crippen LogP contribution < -0.4 is 14.8 Å². The quantitative estimate of drug-likeness (QED) is 0.127. The third-order valence-corrected chi connectivity index (χ3v) is 8.79. The second-order valence-electron chi connectivity index (χ2n) is 10.5. The van der Waals surface area contributed by atoms with Crippen LogP contribution >= 0.6 is 22.6 Å². The van der Waals surface area contributed by atoms with Crippen molar-refractivity contribution >= 4 is 39.3 Å². The standard InChI is InChI=1S/C36H32INO4/c1-24-34-31(19-28(38-24)23-42-36(39)30-18-10-16-27-15-8-9-17-29(27)30)35(37)33(41-22-26-13-6-3-7-14-26)20-32(34)40-21-25-11-4-2-5-12-25/h2-18,20,24,28,38H,19,21-23H2,1H3/t24-,28+/m1/s1. The van der Waals surface area contributed by atoms with Gasteiger partial charge in [-0.05, 0) is 69.5 Å². The van der Waals surface area contributed by atoms with Crippen molar-refractivity contribution in [3.05, 3.63) is 141 Å². The molecule has 212 valence electrons. The van der Waals surface area contributed by atoms with Crippen LogP contribution in [-0.4, -0.2) is 18.6 Å². The maximum atomic E-state index is 13.2. The molecule has 0 aromatic heterocycles. The zero-order chi connectivity index (χ0) is 28.9. The summed E-state index contributed by atoms with van der Waals surface area (Å²) in [7, 11) is 0. The molecular weight excluding hydrogens is 637 g/mol. The molecule has 1 heterocycles. The number of carbonyl (C=O) groups is 1. The molecule has 1 aliphatic rings. The zero-order valence-electron chi connectivity index (χ0n) is 23.4. The van der Waals surface area contributed by atoms with Gasteiger partial charge in [-0.15, -0.1) is 0 Å². The van der Waals surface area contributed by atoms with Crippen molar-refractivity contribution in [2.45, 2.75) is 38.6 Å². The van der Waals surface area contributed by atoms with Crippen molar-refractivity contribution < 1.29 is 19.0 Å². The lowest BCUT2D eigenvalue weighted by Crippen LogP contribution is -2.42. The van der Waals surface area contributed by atoms with Gasteiger partial charge in [0.15, 0.2) is 0 Å². The summed E-state index contributed by atoms with van der Waals surface area (Å²) >= 11 is 2.39. The highest BCUT2D eigenvalue weighted by Gasteiger charge is 2.31. The Morgan fingerprint density at radius 1 is 0.810 bits per heavy atom. The molecule has 0 saturated carbocycles. The Bertz CT molecular complexity index is 1680. The van der Waals surface area contributed by atoms with Crippen LogP contribution in [0.25, 0.3) is 10.8 Å². The molecule has 0 amide bonds. The topological polar surface area (TPSA) is 56.8 Å². The molecule has 42 heavy (non-hydrogen) atoms. The van der Waals surface area contributed by atoms with E-state index in [0.29, 0.717) is 25.2 Å². The van der Waals surface area contributed by atoms with Gasteiger partial charge in [0.2, 0.25) is 0 Å². The summed E-state index contributed by atoms with van der Waals surface area (Å²) < 4.78 is 19.7. The Hall–Kier alpha value is -3.88. The number of rotatable bonds is 9. The summed E-state index contributed by atoms with van der Waals surface area (Å²) in [5.74, 6) is 1.29. The number of esters is 1. The minimum atomic E-state index is -0.312. The van der Waals surface area contributed by atoms with Crippen LogP contribution in [0.15, 0.2) is 109 Å². The molecule has 5 nitrogen and oxygen atoms in total. The lowest BCUT2D eigenvalue weighted by atomic mass is 9.90. The summed E-state index contributed by atoms with van der Waals surface area (Å²) in [5, 5.41) is 5.58. The molecule has 0 fully saturated rings. The van der Waals surface area contributed by atoms with Gasteiger partial charge in [-0.25, -0.2) is 4.79 Å². The molecule has 0 saturated heterocycles. The summed E-state index contributed by atoms with van der Waals surface area (Å²) in [6, 6.07) is 35.9. The van der Waals surface area contributed by atoms with E-state index in [2.05, 4.69) is 59.1 Å². The van der Waals surface area contributed by atoms with E-state index in [0.717, 1.165) is 42.5 Å². The van der Waals surface area contributed by atoms with E-state index in [-0.39, 0.29) is 24.7 Å². The largest absolute Gasteiger partial charge is 0.488 e. The summed E-state index contributed by atoms with van der Waals surface area (Å²) in [4.78, 5) is 13.2. The highest BCUT2D eigenvalue weighted by molar-refractivity contribution is 14.1. The van der Waals surface area contributed by atoms with Gasteiger partial charge in [-0.1, -0.05) is 97.1 Å². The number of nitrogens with one attached hydrogen (secondary N) is 1. The highest BCUT2D eigenvalue weighted by atomic mass is 127. The molecule has 0 aliphatic carbocycles. The molecule has 0 spiro atoms. The Kier molecular flexibility index (Phi) is 8.72. The van der Waals surface area contributed by atoms with E-state index < -0.39 is 0 Å². The minimum absolute atomic E-state index is 0.00234. The number of carbonyl (C=O) groups excluding carboxylic acids is 1. The van der Waals surface area contributed by atoms with E-state index in [9.17, 15) is 4.79 Å². The smallest absolute Gasteiger partial charge is 0.338 e. The van der Waals surface area contributed by atoms with Crippen LogP contribution in [-0.2, 0) is 24.4 Å². The fraction of sp³-hybridized carbons (Fsp3) is 0.194. The van der Waals surface area contributed by atoms with Crippen LogP contribution in [0.4, 0.5) is 0 Å². The summed E-state index contributed by atoms with van der Waals surface area (Å²) in [5.41, 5.74) is 5.08. The van der Waals surface area contributed by atoms with Crippen LogP contribution in [0.3, 0.4) is 0 Å². The van der Waals surface area contributed by atoms with Crippen LogP contribution in [0.2, 0.25) is 0 Å². The number of hydrogen-bond donors (Lipinski definition) is 1. The van der Waals surface area contributed by atoms with E-state index in [1.165, 1.54) is 5.56 Å². The van der Waals surface area contributed by atoms with Crippen LogP contribution in [0.5, 0.6) is 11.5 Å². The number of benzene rings is 5. The van der Waals surface area contributed by atoms with Crippen molar-refractivity contribution in [2.24, 2.45) is 0 Å². The van der Waals surface area contributed by atoms with Crippen molar-refractivity contribution in [1.29, 1.82) is 0 Å². The summed E-state index contributed by atoms with van der Waals surface area (Å²) in [6.07, 6.45) is 0.686. The number of ether oxygens (including phenoxy) is 3. The molecule has 2 atom stereocenters. The van der Waals surface area contributed by atoms with Gasteiger partial charge >= 0.3 is 5.97 Å². The predicted molar refractivity (Wildman–Crippen MR) is 174 cm³/mol. The molecule has 0 radical (unpaired) electrons. The fourth-order valence-electron chi connectivity index (χ4n) is 5.55. The average molecular weight is 670 g/mol. The molecule has 1 N–H and O–H groups in total. The SMILES string of the molecule is C[C@H]1N[C@H](COC(=O)c2cccc3ccccc23)Cc2c(I)c(OCc3ccccc3)cc(OCc3ccccc3)c21. The van der Waals surface area contributed by atoms with Crippen molar-refractivity contribution in [3.63, 3.8) is 0 Å². The predicted octanol–water partition coefficient (Wildman–Crippen LogP) is 8.03. The molecular formula is C36H32INO4. The minimum Gasteiger partial charge on any atom is -0.488 e. The Balaban J connectivity index is 1.24. The van der Waals surface area contributed by atoms with Crippen molar-refractivity contribution in [3.8, 4) is 11.5 Å². The first-order valence-corrected chi connectivity index (χ1v) is 15.2. The van der Waals surface area contributed by atoms with Crippen molar-refractivity contribution in [2.75, 3.05) is 6.61 Å². The number of halogens is 1. The second-order valence-corrected chi connectivity index (χ2v) is 11.6. The first-order chi connectivity index (χ1) is 20.6. The normalized spacial score (nSPS) is 16.0. The van der Waals surface area contributed by atoms with Crippen LogP contribution in [0, 0.1) is 3.57 Å². The Morgan fingerprint density at radius 3 is 2.14 bits per heavy atom. The molecule has 0 bridgehead atoms. The monoisotopic (exact) mass is 669 g/mol. The van der Waals surface area contributed by atoms with Gasteiger partial charge in [0.1, 0.15) is 31.3 Å². The first kappa shape index (κ1) is 28.2. The highest BCUT2D eigenvalue weighted by Crippen LogP contribution is 2.42. The lowest BCUT2D eigenvalue weighted by Gasteiger charge is -2.34. The van der Waals surface area contributed by atoms with E-state index in [1.54, 1.807) is 0 Å². The van der Waals surface area contributed by atoms with E-state index >= 15 is 0 Å². The molecule has 0 unspecified atom stereocenters. The third-order valence-electron chi connectivity index (χ3n) is 7.60. The first-order valence-electron chi connectivity index (χ1n) is 14.2. The van der Waals surface area contributed by atoms with E-state index in [1.807, 2.05) is 84.9 Å². The molecule has 5 aromatic rings. The van der Waals surface area contributed by atoms with Gasteiger partial charge in [0.25, 0.3) is 0 Å². The lowest BCUT2D eigenvalue weighted by molar-refractivity contribution is 0.0456.